The van der Waals surface area contributed by atoms with Crippen LogP contribution < -0.4 is 10.5 Å². The highest BCUT2D eigenvalue weighted by molar-refractivity contribution is 5.94. The van der Waals surface area contributed by atoms with E-state index in [4.69, 9.17) is 15.2 Å². The molecule has 1 unspecified atom stereocenters. The van der Waals surface area contributed by atoms with Crippen molar-refractivity contribution in [3.8, 4) is 5.75 Å². The topological polar surface area (TPSA) is 64.8 Å². The number of ether oxygens (including phenoxy) is 2. The molecule has 20 heavy (non-hydrogen) atoms. The van der Waals surface area contributed by atoms with Gasteiger partial charge in [0.1, 0.15) is 5.75 Å². The first-order valence-electron chi connectivity index (χ1n) is 6.41. The van der Waals surface area contributed by atoms with Gasteiger partial charge in [-0.25, -0.2) is 0 Å². The number of rotatable bonds is 3. The smallest absolute Gasteiger partial charge is 0.254 e. The maximum atomic E-state index is 12.4. The molecule has 1 aliphatic heterocycles. The SMILES string of the molecule is COc1cc(C(=O)N2CCOC(CN)C2)ccc1C.Cl. The Hall–Kier alpha value is -1.30. The Morgan fingerprint density at radius 1 is 1.55 bits per heavy atom. The van der Waals surface area contributed by atoms with Crippen LogP contribution in [-0.2, 0) is 4.74 Å². The number of morpholine rings is 1. The zero-order valence-corrected chi connectivity index (χ0v) is 12.6. The van der Waals surface area contributed by atoms with Gasteiger partial charge in [-0.1, -0.05) is 6.07 Å². The lowest BCUT2D eigenvalue weighted by Gasteiger charge is -2.32. The second-order valence-electron chi connectivity index (χ2n) is 4.66. The van der Waals surface area contributed by atoms with Gasteiger partial charge in [0.2, 0.25) is 0 Å². The largest absolute Gasteiger partial charge is 0.496 e. The number of carbonyl (C=O) groups is 1. The van der Waals surface area contributed by atoms with Crippen LogP contribution in [0.1, 0.15) is 15.9 Å². The summed E-state index contributed by atoms with van der Waals surface area (Å²) in [5.41, 5.74) is 7.24. The van der Waals surface area contributed by atoms with Crippen molar-refractivity contribution in [3.05, 3.63) is 29.3 Å². The minimum atomic E-state index is -0.0648. The first-order valence-corrected chi connectivity index (χ1v) is 6.41. The van der Waals surface area contributed by atoms with Gasteiger partial charge >= 0.3 is 0 Å². The molecular weight excluding hydrogens is 280 g/mol. The molecule has 1 heterocycles. The van der Waals surface area contributed by atoms with Crippen molar-refractivity contribution >= 4 is 18.3 Å². The Labute approximate surface area is 125 Å². The molecule has 1 atom stereocenters. The second-order valence-corrected chi connectivity index (χ2v) is 4.66. The van der Waals surface area contributed by atoms with Gasteiger partial charge in [0, 0.05) is 25.2 Å². The van der Waals surface area contributed by atoms with Crippen LogP contribution in [0.3, 0.4) is 0 Å². The molecule has 112 valence electrons. The molecular formula is C14H21ClN2O3. The predicted molar refractivity (Wildman–Crippen MR) is 79.7 cm³/mol. The van der Waals surface area contributed by atoms with Crippen LogP contribution in [0, 0.1) is 6.92 Å². The van der Waals surface area contributed by atoms with Crippen molar-refractivity contribution in [2.75, 3.05) is 33.4 Å². The van der Waals surface area contributed by atoms with E-state index in [1.165, 1.54) is 0 Å². The lowest BCUT2D eigenvalue weighted by molar-refractivity contribution is -0.0167. The Morgan fingerprint density at radius 2 is 2.30 bits per heavy atom. The zero-order valence-electron chi connectivity index (χ0n) is 11.8. The Morgan fingerprint density at radius 3 is 2.95 bits per heavy atom. The van der Waals surface area contributed by atoms with Gasteiger partial charge in [-0.3, -0.25) is 4.79 Å². The molecule has 1 aromatic carbocycles. The number of carbonyl (C=O) groups excluding carboxylic acids is 1. The molecule has 1 saturated heterocycles. The van der Waals surface area contributed by atoms with E-state index in [9.17, 15) is 4.79 Å². The molecule has 0 radical (unpaired) electrons. The van der Waals surface area contributed by atoms with E-state index in [2.05, 4.69) is 0 Å². The molecule has 0 bridgehead atoms. The Bertz CT molecular complexity index is 468. The van der Waals surface area contributed by atoms with Crippen LogP contribution in [0.25, 0.3) is 0 Å². The van der Waals surface area contributed by atoms with Crippen LogP contribution in [0.4, 0.5) is 0 Å². The van der Waals surface area contributed by atoms with Gasteiger partial charge in [0.05, 0.1) is 19.8 Å². The molecule has 1 amide bonds. The van der Waals surface area contributed by atoms with E-state index in [1.54, 1.807) is 18.1 Å². The molecule has 0 aromatic heterocycles. The van der Waals surface area contributed by atoms with Crippen LogP contribution in [0.15, 0.2) is 18.2 Å². The van der Waals surface area contributed by atoms with Crippen LogP contribution in [0.5, 0.6) is 5.75 Å². The van der Waals surface area contributed by atoms with Gasteiger partial charge in [0.25, 0.3) is 5.91 Å². The summed E-state index contributed by atoms with van der Waals surface area (Å²) in [6.45, 7) is 4.07. The maximum Gasteiger partial charge on any atom is 0.254 e. The second kappa shape index (κ2) is 7.47. The molecule has 2 rings (SSSR count). The van der Waals surface area contributed by atoms with Crippen molar-refractivity contribution in [3.63, 3.8) is 0 Å². The van der Waals surface area contributed by atoms with E-state index in [1.807, 2.05) is 19.1 Å². The predicted octanol–water partition coefficient (Wildman–Crippen LogP) is 1.23. The Kier molecular flexibility index (Phi) is 6.26. The average molecular weight is 301 g/mol. The molecule has 5 nitrogen and oxygen atoms in total. The number of methoxy groups -OCH3 is 1. The Balaban J connectivity index is 0.00000200. The fourth-order valence-corrected chi connectivity index (χ4v) is 2.18. The lowest BCUT2D eigenvalue weighted by Crippen LogP contribution is -2.48. The molecule has 0 aliphatic carbocycles. The third kappa shape index (κ3) is 3.62. The number of amides is 1. The van der Waals surface area contributed by atoms with Crippen LogP contribution in [-0.4, -0.2) is 50.3 Å². The molecule has 6 heteroatoms. The quantitative estimate of drug-likeness (QED) is 0.912. The third-order valence-corrected chi connectivity index (χ3v) is 3.34. The number of halogens is 1. The summed E-state index contributed by atoms with van der Waals surface area (Å²) in [6.07, 6.45) is -0.0648. The van der Waals surface area contributed by atoms with E-state index in [0.29, 0.717) is 31.8 Å². The van der Waals surface area contributed by atoms with Gasteiger partial charge < -0.3 is 20.1 Å². The fraction of sp³-hybridized carbons (Fsp3) is 0.500. The first-order chi connectivity index (χ1) is 9.15. The third-order valence-electron chi connectivity index (χ3n) is 3.34. The summed E-state index contributed by atoms with van der Waals surface area (Å²) in [7, 11) is 1.61. The maximum absolute atomic E-state index is 12.4. The lowest BCUT2D eigenvalue weighted by atomic mass is 10.1. The fourth-order valence-electron chi connectivity index (χ4n) is 2.18. The number of aryl methyl sites for hydroxylation is 1. The van der Waals surface area contributed by atoms with E-state index in [0.717, 1.165) is 11.3 Å². The summed E-state index contributed by atoms with van der Waals surface area (Å²) in [5, 5.41) is 0. The van der Waals surface area contributed by atoms with Gasteiger partial charge in [-0.05, 0) is 24.6 Å². The molecule has 1 aromatic rings. The number of benzene rings is 1. The normalized spacial score (nSPS) is 18.4. The van der Waals surface area contributed by atoms with Gasteiger partial charge in [-0.15, -0.1) is 12.4 Å². The van der Waals surface area contributed by atoms with Crippen LogP contribution >= 0.6 is 12.4 Å². The molecule has 2 N–H and O–H groups in total. The van der Waals surface area contributed by atoms with Crippen molar-refractivity contribution in [1.82, 2.24) is 4.90 Å². The molecule has 0 saturated carbocycles. The summed E-state index contributed by atoms with van der Waals surface area (Å²) in [6, 6.07) is 5.50. The van der Waals surface area contributed by atoms with Gasteiger partial charge in [-0.2, -0.15) is 0 Å². The highest BCUT2D eigenvalue weighted by Gasteiger charge is 2.24. The van der Waals surface area contributed by atoms with E-state index < -0.39 is 0 Å². The highest BCUT2D eigenvalue weighted by Crippen LogP contribution is 2.20. The van der Waals surface area contributed by atoms with E-state index in [-0.39, 0.29) is 24.4 Å². The zero-order chi connectivity index (χ0) is 13.8. The summed E-state index contributed by atoms with van der Waals surface area (Å²) >= 11 is 0. The summed E-state index contributed by atoms with van der Waals surface area (Å²) < 4.78 is 10.7. The highest BCUT2D eigenvalue weighted by atomic mass is 35.5. The number of nitrogens with zero attached hydrogens (tertiary/aromatic N) is 1. The number of hydrogen-bond acceptors (Lipinski definition) is 4. The van der Waals surface area contributed by atoms with Crippen molar-refractivity contribution in [2.24, 2.45) is 5.73 Å². The van der Waals surface area contributed by atoms with Crippen LogP contribution in [0.2, 0.25) is 0 Å². The summed E-state index contributed by atoms with van der Waals surface area (Å²) in [4.78, 5) is 14.2. The van der Waals surface area contributed by atoms with E-state index >= 15 is 0 Å². The standard InChI is InChI=1S/C14H20N2O3.ClH/c1-10-3-4-11(7-13(10)18-2)14(17)16-5-6-19-12(8-15)9-16;/h3-4,7,12H,5-6,8-9,15H2,1-2H3;1H. The van der Waals surface area contributed by atoms with Crippen molar-refractivity contribution in [2.45, 2.75) is 13.0 Å². The first kappa shape index (κ1) is 16.8. The minimum absolute atomic E-state index is 0. The van der Waals surface area contributed by atoms with Crippen molar-refractivity contribution < 1.29 is 14.3 Å². The average Bonchev–Trinajstić information content (AvgIpc) is 2.47. The molecule has 1 fully saturated rings. The molecule has 1 aliphatic rings. The molecule has 0 spiro atoms. The number of nitrogens with two attached hydrogens (primary N) is 1. The number of hydrogen-bond donors (Lipinski definition) is 1. The van der Waals surface area contributed by atoms with Gasteiger partial charge in [0.15, 0.2) is 0 Å². The minimum Gasteiger partial charge on any atom is -0.496 e. The van der Waals surface area contributed by atoms with Crippen molar-refractivity contribution in [1.29, 1.82) is 0 Å². The monoisotopic (exact) mass is 300 g/mol. The summed E-state index contributed by atoms with van der Waals surface area (Å²) in [5.74, 6) is 0.731.